The van der Waals surface area contributed by atoms with Gasteiger partial charge in [0.05, 0.1) is 11.4 Å². The average molecular weight is 1000 g/mol. The van der Waals surface area contributed by atoms with Gasteiger partial charge in [0, 0.05) is 50.8 Å². The number of nitrogens with zero attached hydrogens (tertiary/aromatic N) is 4. The van der Waals surface area contributed by atoms with E-state index in [1.807, 2.05) is 6.07 Å². The van der Waals surface area contributed by atoms with E-state index in [0.717, 1.165) is 62.2 Å². The summed E-state index contributed by atoms with van der Waals surface area (Å²) < 4.78 is 0. The van der Waals surface area contributed by atoms with Crippen LogP contribution in [0.25, 0.3) is 99.2 Å². The zero-order valence-electron chi connectivity index (χ0n) is 43.0. The van der Waals surface area contributed by atoms with Crippen LogP contribution in [0.1, 0.15) is 0 Å². The Bertz CT molecular complexity index is 4410. The highest BCUT2D eigenvalue weighted by Crippen LogP contribution is 2.48. The van der Waals surface area contributed by atoms with Crippen molar-refractivity contribution in [2.24, 2.45) is 0 Å². The number of benzene rings is 13. The fourth-order valence-corrected chi connectivity index (χ4v) is 12.5. The van der Waals surface area contributed by atoms with Crippen LogP contribution in [0, 0.1) is 0 Å². The molecule has 0 saturated carbocycles. The molecule has 3 heterocycles. The van der Waals surface area contributed by atoms with Gasteiger partial charge in [-0.25, -0.2) is 9.97 Å². The molecule has 0 atom stereocenters. The third-order valence-electron chi connectivity index (χ3n) is 16.3. The van der Waals surface area contributed by atoms with Gasteiger partial charge in [-0.1, -0.05) is 206 Å². The molecule has 2 aliphatic rings. The van der Waals surface area contributed by atoms with Crippen molar-refractivity contribution in [3.63, 3.8) is 0 Å². The summed E-state index contributed by atoms with van der Waals surface area (Å²) in [5.74, 6) is 0.677. The van der Waals surface area contributed by atoms with E-state index in [0.29, 0.717) is 5.82 Å². The Labute approximate surface area is 458 Å². The maximum atomic E-state index is 5.53. The van der Waals surface area contributed by atoms with Crippen LogP contribution in [-0.4, -0.2) is 16.7 Å². The third kappa shape index (κ3) is 7.62. The van der Waals surface area contributed by atoms with Crippen LogP contribution in [0.3, 0.4) is 0 Å². The molecule has 0 spiro atoms. The lowest BCUT2D eigenvalue weighted by Gasteiger charge is -2.44. The minimum atomic E-state index is -0.138. The quantitative estimate of drug-likeness (QED) is 0.118. The van der Waals surface area contributed by atoms with Gasteiger partial charge in [0.2, 0.25) is 0 Å². The van der Waals surface area contributed by atoms with E-state index >= 15 is 0 Å². The van der Waals surface area contributed by atoms with Crippen molar-refractivity contribution in [3.8, 4) is 56.2 Å². The van der Waals surface area contributed by atoms with Crippen LogP contribution in [0.4, 0.5) is 34.1 Å². The fraction of sp³-hybridized carbons (Fsp3) is 0. The van der Waals surface area contributed by atoms with E-state index in [9.17, 15) is 0 Å². The lowest BCUT2D eigenvalue weighted by molar-refractivity contribution is 1.18. The second kappa shape index (κ2) is 18.2. The summed E-state index contributed by atoms with van der Waals surface area (Å²) in [6.45, 7) is -0.138. The van der Waals surface area contributed by atoms with E-state index < -0.39 is 0 Å². The topological polar surface area (TPSA) is 32.3 Å². The third-order valence-corrected chi connectivity index (χ3v) is 16.3. The molecule has 2 aliphatic heterocycles. The summed E-state index contributed by atoms with van der Waals surface area (Å²) in [4.78, 5) is 15.9. The Kier molecular flexibility index (Phi) is 10.3. The summed E-state index contributed by atoms with van der Waals surface area (Å²) in [7, 11) is 0. The predicted octanol–water partition coefficient (Wildman–Crippen LogP) is 17.5. The number of rotatable bonds is 7. The van der Waals surface area contributed by atoms with Crippen LogP contribution >= 0.6 is 0 Å². The molecular formula is C74H47BN4. The molecule has 0 aliphatic carbocycles. The monoisotopic (exact) mass is 1000 g/mol. The largest absolute Gasteiger partial charge is 0.311 e. The van der Waals surface area contributed by atoms with Crippen molar-refractivity contribution in [2.75, 3.05) is 9.80 Å². The molecule has 0 radical (unpaired) electrons. The Morgan fingerprint density at radius 1 is 0.241 bits per heavy atom. The van der Waals surface area contributed by atoms with Crippen molar-refractivity contribution in [1.29, 1.82) is 0 Å². The minimum Gasteiger partial charge on any atom is -0.311 e. The van der Waals surface area contributed by atoms with Crippen LogP contribution in [0.15, 0.2) is 285 Å². The maximum absolute atomic E-state index is 5.53. The predicted molar refractivity (Wildman–Crippen MR) is 333 cm³/mol. The number of fused-ring (bicyclic) bond motifs is 8. The van der Waals surface area contributed by atoms with Gasteiger partial charge in [-0.2, -0.15) is 0 Å². The van der Waals surface area contributed by atoms with Crippen LogP contribution in [0.5, 0.6) is 0 Å². The van der Waals surface area contributed by atoms with E-state index in [-0.39, 0.29) is 6.71 Å². The van der Waals surface area contributed by atoms with Gasteiger partial charge in [0.15, 0.2) is 5.82 Å². The Hall–Kier alpha value is -10.4. The van der Waals surface area contributed by atoms with E-state index in [4.69, 9.17) is 9.97 Å². The Balaban J connectivity index is 1.03. The van der Waals surface area contributed by atoms with Crippen molar-refractivity contribution in [2.45, 2.75) is 0 Å². The number of hydrogen-bond acceptors (Lipinski definition) is 4. The molecule has 0 fully saturated rings. The minimum absolute atomic E-state index is 0.138. The first-order valence-corrected chi connectivity index (χ1v) is 27.1. The van der Waals surface area contributed by atoms with Crippen LogP contribution in [-0.2, 0) is 0 Å². The van der Waals surface area contributed by atoms with Gasteiger partial charge in [0.1, 0.15) is 0 Å². The van der Waals surface area contributed by atoms with Gasteiger partial charge in [-0.15, -0.1) is 0 Å². The first-order chi connectivity index (χ1) is 39.1. The second-order valence-corrected chi connectivity index (χ2v) is 21.0. The molecule has 0 amide bonds. The lowest BCUT2D eigenvalue weighted by atomic mass is 9.33. The van der Waals surface area contributed by atoms with Crippen molar-refractivity contribution in [3.05, 3.63) is 285 Å². The molecule has 0 saturated heterocycles. The standard InChI is InChI=1S/C74H47BN4/c1-5-17-48(18-6-1)50-29-33-63(34-30-50)78-69-43-60-39-56-27-15-13-25-54(56)37-58(60)41-65(69)75-66-42-59-38-55-26-14-16-28-57(55)40-61(59)44-70(66)79(64-35-31-51(32-36-64)49-19-7-2-8-20-49)72-46-62(45-71(78)73(72)75)68-47-67(52-21-9-3-10-22-52)76-74(77-68)53-23-11-4-12-24-53/h1-47H. The summed E-state index contributed by atoms with van der Waals surface area (Å²) in [6.07, 6.45) is 0. The summed E-state index contributed by atoms with van der Waals surface area (Å²) in [5.41, 5.74) is 19.8. The van der Waals surface area contributed by atoms with Crippen LogP contribution < -0.4 is 26.2 Å². The lowest BCUT2D eigenvalue weighted by Crippen LogP contribution is -2.61. The van der Waals surface area contributed by atoms with Gasteiger partial charge in [-0.3, -0.25) is 0 Å². The highest BCUT2D eigenvalue weighted by atomic mass is 15.2. The fourth-order valence-electron chi connectivity index (χ4n) is 12.5. The highest BCUT2D eigenvalue weighted by Gasteiger charge is 2.44. The van der Waals surface area contributed by atoms with Gasteiger partial charge >= 0.3 is 0 Å². The zero-order chi connectivity index (χ0) is 52.0. The summed E-state index contributed by atoms with van der Waals surface area (Å²) >= 11 is 0. The van der Waals surface area contributed by atoms with E-state index in [1.54, 1.807) is 0 Å². The normalized spacial score (nSPS) is 12.5. The van der Waals surface area contributed by atoms with Gasteiger partial charge < -0.3 is 9.80 Å². The molecule has 14 aromatic rings. The smallest absolute Gasteiger partial charge is 0.252 e. The summed E-state index contributed by atoms with van der Waals surface area (Å²) in [5, 5.41) is 9.72. The molecule has 366 valence electrons. The first kappa shape index (κ1) is 44.9. The van der Waals surface area contributed by atoms with Gasteiger partial charge in [-0.05, 0) is 161 Å². The van der Waals surface area contributed by atoms with E-state index in [1.165, 1.54) is 81.7 Å². The molecule has 4 nitrogen and oxygen atoms in total. The number of hydrogen-bond donors (Lipinski definition) is 0. The van der Waals surface area contributed by atoms with Crippen LogP contribution in [0.2, 0.25) is 0 Å². The summed E-state index contributed by atoms with van der Waals surface area (Å²) in [6, 6.07) is 104. The Morgan fingerprint density at radius 3 is 1.00 bits per heavy atom. The average Bonchev–Trinajstić information content (AvgIpc) is 3.17. The zero-order valence-corrected chi connectivity index (χ0v) is 43.0. The molecule has 16 rings (SSSR count). The molecule has 5 heteroatoms. The van der Waals surface area contributed by atoms with E-state index in [2.05, 4.69) is 289 Å². The molecule has 0 N–H and O–H groups in total. The Morgan fingerprint density at radius 2 is 0.582 bits per heavy atom. The second-order valence-electron chi connectivity index (χ2n) is 21.0. The molecule has 1 aromatic heterocycles. The molecule has 79 heavy (non-hydrogen) atoms. The maximum Gasteiger partial charge on any atom is 0.252 e. The molecule has 13 aromatic carbocycles. The molecular weight excluding hydrogens is 956 g/mol. The molecule has 0 bridgehead atoms. The van der Waals surface area contributed by atoms with Crippen molar-refractivity contribution >= 4 is 100 Å². The number of anilines is 6. The molecule has 0 unspecified atom stereocenters. The SMILES string of the molecule is c1ccc(-c2ccc(N3c4cc5cc6ccccc6cc5cc4B4c5cc6cc7ccccc7cc6cc5N(c5ccc(-c6ccccc6)cc5)c5cc(-c6cc(-c7ccccc7)nc(-c7ccccc7)n6)cc3c54)cc2)cc1. The van der Waals surface area contributed by atoms with Crippen molar-refractivity contribution in [1.82, 2.24) is 9.97 Å². The first-order valence-electron chi connectivity index (χ1n) is 27.1. The highest BCUT2D eigenvalue weighted by molar-refractivity contribution is 7.00. The van der Waals surface area contributed by atoms with Gasteiger partial charge in [0.25, 0.3) is 6.71 Å². The number of aromatic nitrogens is 2. The van der Waals surface area contributed by atoms with Crippen molar-refractivity contribution < 1.29 is 0 Å².